The van der Waals surface area contributed by atoms with Crippen molar-refractivity contribution in [1.82, 2.24) is 0 Å². The topological polar surface area (TPSA) is 109 Å². The third-order valence-electron chi connectivity index (χ3n) is 4.55. The number of ether oxygens (including phenoxy) is 2. The van der Waals surface area contributed by atoms with Gasteiger partial charge < -0.3 is 14.8 Å². The monoisotopic (exact) mass is 424 g/mol. The Morgan fingerprint density at radius 2 is 1.74 bits per heavy atom. The Balaban J connectivity index is 1.67. The van der Waals surface area contributed by atoms with Crippen molar-refractivity contribution >= 4 is 40.6 Å². The second-order valence-corrected chi connectivity index (χ2v) is 6.85. The van der Waals surface area contributed by atoms with Gasteiger partial charge in [0.25, 0.3) is 5.91 Å². The molecule has 1 aliphatic heterocycles. The molecule has 162 valence electrons. The number of nitrogens with zero attached hydrogens (tertiary/aromatic N) is 2. The van der Waals surface area contributed by atoms with Crippen LogP contribution < -0.4 is 15.6 Å². The van der Waals surface area contributed by atoms with E-state index in [-0.39, 0.29) is 24.5 Å². The van der Waals surface area contributed by atoms with Gasteiger partial charge in [0.05, 0.1) is 12.3 Å². The number of carbonyl (C=O) groups excluding carboxylic acids is 3. The van der Waals surface area contributed by atoms with Crippen LogP contribution in [0, 0.1) is 0 Å². The molecule has 1 unspecified atom stereocenters. The Labute approximate surface area is 180 Å². The summed E-state index contributed by atoms with van der Waals surface area (Å²) in [5, 5.41) is 11.3. The molecule has 0 bridgehead atoms. The van der Waals surface area contributed by atoms with Crippen LogP contribution >= 0.6 is 0 Å². The van der Waals surface area contributed by atoms with Gasteiger partial charge in [-0.05, 0) is 37.3 Å². The van der Waals surface area contributed by atoms with Crippen molar-refractivity contribution in [3.05, 3.63) is 54.6 Å². The van der Waals surface area contributed by atoms with Crippen molar-refractivity contribution in [1.29, 1.82) is 0 Å². The molecule has 3 rings (SSSR count). The Hall–Kier alpha value is -3.72. The number of carbonyl (C=O) groups is 3. The highest BCUT2D eigenvalue weighted by Gasteiger charge is 2.34. The van der Waals surface area contributed by atoms with Gasteiger partial charge in [-0.25, -0.2) is 4.79 Å². The van der Waals surface area contributed by atoms with Gasteiger partial charge in [0.2, 0.25) is 0 Å². The predicted octanol–water partition coefficient (Wildman–Crippen LogP) is 3.04. The van der Waals surface area contributed by atoms with Gasteiger partial charge in [-0.15, -0.1) is 0 Å². The van der Waals surface area contributed by atoms with Crippen molar-refractivity contribution in [3.8, 4) is 0 Å². The van der Waals surface area contributed by atoms with E-state index in [0.29, 0.717) is 18.0 Å². The Kier molecular flexibility index (Phi) is 7.34. The number of ketones is 1. The maximum atomic E-state index is 12.8. The quantitative estimate of drug-likeness (QED) is 0.631. The molecule has 0 radical (unpaired) electrons. The van der Waals surface area contributed by atoms with E-state index in [9.17, 15) is 14.4 Å². The number of methoxy groups -OCH3 is 1. The molecule has 2 amide bonds. The first-order chi connectivity index (χ1) is 15.0. The molecule has 2 aromatic carbocycles. The maximum absolute atomic E-state index is 12.8. The number of hydrazone groups is 1. The summed E-state index contributed by atoms with van der Waals surface area (Å²) in [5.74, 6) is -0.488. The number of anilines is 3. The standard InChI is InChI=1S/C22H24N4O5/c1-15(27)20-14-19(25-26(20)18-9-4-3-5-10-18)21(28)23-16-7-6-8-17(13-16)24-22(29)31-12-11-30-2/h3-10,13,20H,11-12,14H2,1-2H3,(H,23,28)(H,24,29). The molecule has 9 nitrogen and oxygen atoms in total. The van der Waals surface area contributed by atoms with Crippen LogP contribution in [-0.4, -0.2) is 49.9 Å². The molecule has 2 N–H and O–H groups in total. The van der Waals surface area contributed by atoms with Crippen molar-refractivity contribution in [3.63, 3.8) is 0 Å². The zero-order chi connectivity index (χ0) is 22.2. The van der Waals surface area contributed by atoms with Crippen molar-refractivity contribution in [2.24, 2.45) is 5.10 Å². The predicted molar refractivity (Wildman–Crippen MR) is 117 cm³/mol. The summed E-state index contributed by atoms with van der Waals surface area (Å²) in [6.45, 7) is 1.92. The van der Waals surface area contributed by atoms with Gasteiger partial charge in [0.15, 0.2) is 5.78 Å². The second kappa shape index (κ2) is 10.4. The number of nitrogens with one attached hydrogen (secondary N) is 2. The molecule has 0 aromatic heterocycles. The first-order valence-electron chi connectivity index (χ1n) is 9.74. The number of para-hydroxylation sites is 1. The number of hydrogen-bond acceptors (Lipinski definition) is 7. The zero-order valence-electron chi connectivity index (χ0n) is 17.3. The summed E-state index contributed by atoms with van der Waals surface area (Å²) in [6.07, 6.45) is -0.414. The van der Waals surface area contributed by atoms with Gasteiger partial charge in [0.1, 0.15) is 18.4 Å². The highest BCUT2D eigenvalue weighted by atomic mass is 16.6. The van der Waals surface area contributed by atoms with E-state index in [0.717, 1.165) is 5.69 Å². The molecule has 1 aliphatic rings. The number of Topliss-reactive ketones (excluding diaryl/α,β-unsaturated/α-hetero) is 1. The van der Waals surface area contributed by atoms with Gasteiger partial charge in [-0.3, -0.25) is 19.9 Å². The van der Waals surface area contributed by atoms with Crippen LogP contribution in [0.5, 0.6) is 0 Å². The van der Waals surface area contributed by atoms with Crippen LogP contribution in [0.25, 0.3) is 0 Å². The third-order valence-corrected chi connectivity index (χ3v) is 4.55. The van der Waals surface area contributed by atoms with Crippen molar-refractivity contribution < 1.29 is 23.9 Å². The second-order valence-electron chi connectivity index (χ2n) is 6.85. The Bertz CT molecular complexity index is 977. The average Bonchev–Trinajstić information content (AvgIpc) is 3.21. The summed E-state index contributed by atoms with van der Waals surface area (Å²) in [6, 6.07) is 15.3. The van der Waals surface area contributed by atoms with E-state index in [2.05, 4.69) is 15.7 Å². The van der Waals surface area contributed by atoms with Crippen LogP contribution in [0.15, 0.2) is 59.7 Å². The van der Waals surface area contributed by atoms with Crippen LogP contribution in [0.2, 0.25) is 0 Å². The van der Waals surface area contributed by atoms with E-state index in [1.807, 2.05) is 30.3 Å². The lowest BCUT2D eigenvalue weighted by atomic mass is 10.1. The van der Waals surface area contributed by atoms with Gasteiger partial charge >= 0.3 is 6.09 Å². The molecule has 1 heterocycles. The lowest BCUT2D eigenvalue weighted by Gasteiger charge is -2.20. The van der Waals surface area contributed by atoms with Crippen LogP contribution in [0.1, 0.15) is 13.3 Å². The Morgan fingerprint density at radius 1 is 1.03 bits per heavy atom. The normalized spacial score (nSPS) is 15.2. The average molecular weight is 424 g/mol. The third kappa shape index (κ3) is 5.89. The highest BCUT2D eigenvalue weighted by molar-refractivity contribution is 6.44. The van der Waals surface area contributed by atoms with Crippen LogP contribution in [-0.2, 0) is 19.1 Å². The fourth-order valence-electron chi connectivity index (χ4n) is 3.03. The summed E-state index contributed by atoms with van der Waals surface area (Å²) in [5.41, 5.74) is 1.92. The van der Waals surface area contributed by atoms with E-state index in [1.165, 1.54) is 14.0 Å². The molecule has 0 fully saturated rings. The molecule has 31 heavy (non-hydrogen) atoms. The lowest BCUT2D eigenvalue weighted by molar-refractivity contribution is -0.118. The lowest BCUT2D eigenvalue weighted by Crippen LogP contribution is -2.33. The molecule has 9 heteroatoms. The number of amides is 2. The van der Waals surface area contributed by atoms with E-state index in [4.69, 9.17) is 9.47 Å². The number of hydrogen-bond donors (Lipinski definition) is 2. The molecule has 0 spiro atoms. The van der Waals surface area contributed by atoms with Gasteiger partial charge in [0, 0.05) is 24.9 Å². The minimum absolute atomic E-state index is 0.0754. The molecule has 0 saturated carbocycles. The fourth-order valence-corrected chi connectivity index (χ4v) is 3.03. The molecule has 1 atom stereocenters. The zero-order valence-corrected chi connectivity index (χ0v) is 17.3. The fraction of sp³-hybridized carbons (Fsp3) is 0.273. The minimum atomic E-state index is -0.622. The molecule has 0 saturated heterocycles. The molecular formula is C22H24N4O5. The number of benzene rings is 2. The van der Waals surface area contributed by atoms with E-state index in [1.54, 1.807) is 29.3 Å². The highest BCUT2D eigenvalue weighted by Crippen LogP contribution is 2.25. The summed E-state index contributed by atoms with van der Waals surface area (Å²) < 4.78 is 9.78. The van der Waals surface area contributed by atoms with Crippen LogP contribution in [0.4, 0.5) is 21.9 Å². The summed E-state index contributed by atoms with van der Waals surface area (Å²) >= 11 is 0. The first-order valence-corrected chi connectivity index (χ1v) is 9.74. The molecular weight excluding hydrogens is 400 g/mol. The molecule has 0 aliphatic carbocycles. The van der Waals surface area contributed by atoms with Gasteiger partial charge in [-0.1, -0.05) is 24.3 Å². The maximum Gasteiger partial charge on any atom is 0.411 e. The smallest absolute Gasteiger partial charge is 0.411 e. The SMILES string of the molecule is COCCOC(=O)Nc1cccc(NC(=O)C2=NN(c3ccccc3)C(C(C)=O)C2)c1. The van der Waals surface area contributed by atoms with E-state index >= 15 is 0 Å². The van der Waals surface area contributed by atoms with Crippen LogP contribution in [0.3, 0.4) is 0 Å². The minimum Gasteiger partial charge on any atom is -0.447 e. The Morgan fingerprint density at radius 3 is 2.42 bits per heavy atom. The van der Waals surface area contributed by atoms with E-state index < -0.39 is 18.0 Å². The van der Waals surface area contributed by atoms with Crippen molar-refractivity contribution in [2.45, 2.75) is 19.4 Å². The first kappa shape index (κ1) is 22.0. The van der Waals surface area contributed by atoms with Gasteiger partial charge in [-0.2, -0.15) is 5.10 Å². The molecule has 2 aromatic rings. The number of rotatable bonds is 8. The summed E-state index contributed by atoms with van der Waals surface area (Å²) in [7, 11) is 1.51. The van der Waals surface area contributed by atoms with Crippen molar-refractivity contribution in [2.75, 3.05) is 36.0 Å². The largest absolute Gasteiger partial charge is 0.447 e. The summed E-state index contributed by atoms with van der Waals surface area (Å²) in [4.78, 5) is 36.6.